The molecule has 0 bridgehead atoms. The number of aromatic nitrogens is 2. The number of aliphatic hydroxyl groups is 1. The Bertz CT molecular complexity index is 991. The molecule has 0 amide bonds. The predicted octanol–water partition coefficient (Wildman–Crippen LogP) is 4.28. The summed E-state index contributed by atoms with van der Waals surface area (Å²) in [6.07, 6.45) is 1.48. The van der Waals surface area contributed by atoms with Gasteiger partial charge in [-0.2, -0.15) is 13.2 Å². The largest absolute Gasteiger partial charge is 0.416 e. The second-order valence-electron chi connectivity index (χ2n) is 10.0. The summed E-state index contributed by atoms with van der Waals surface area (Å²) < 4.78 is 39.2. The van der Waals surface area contributed by atoms with Crippen molar-refractivity contribution in [2.24, 2.45) is 11.8 Å². The maximum Gasteiger partial charge on any atom is 0.416 e. The van der Waals surface area contributed by atoms with E-state index < -0.39 is 17.3 Å². The SMILES string of the molecule is CC(C)(O)C1CCC(N2CC(CC(=O)CNc3ncnc4ccc(C(F)(F)F)cc34)C2)CC1. The quantitative estimate of drug-likeness (QED) is 0.637. The van der Waals surface area contributed by atoms with E-state index in [0.29, 0.717) is 29.8 Å². The fourth-order valence-electron chi connectivity index (χ4n) is 5.13. The third-order valence-electron chi connectivity index (χ3n) is 7.13. The predicted molar refractivity (Wildman–Crippen MR) is 120 cm³/mol. The fourth-order valence-corrected chi connectivity index (χ4v) is 5.13. The smallest absolute Gasteiger partial charge is 0.390 e. The third kappa shape index (κ3) is 5.63. The number of fused-ring (bicyclic) bond motifs is 1. The second kappa shape index (κ2) is 9.18. The van der Waals surface area contributed by atoms with Gasteiger partial charge in [-0.05, 0) is 69.6 Å². The van der Waals surface area contributed by atoms with E-state index in [-0.39, 0.29) is 23.5 Å². The molecule has 1 aromatic heterocycles. The Hall–Kier alpha value is -2.26. The number of carbonyl (C=O) groups is 1. The van der Waals surface area contributed by atoms with Gasteiger partial charge in [-0.15, -0.1) is 0 Å². The highest BCUT2D eigenvalue weighted by molar-refractivity contribution is 5.91. The lowest BCUT2D eigenvalue weighted by Gasteiger charge is -2.47. The molecular weight excluding hydrogens is 433 g/mol. The topological polar surface area (TPSA) is 78.4 Å². The van der Waals surface area contributed by atoms with Crippen LogP contribution in [0, 0.1) is 11.8 Å². The van der Waals surface area contributed by atoms with E-state index in [9.17, 15) is 23.1 Å². The first-order valence-corrected chi connectivity index (χ1v) is 11.5. The van der Waals surface area contributed by atoms with Crippen LogP contribution in [0.25, 0.3) is 10.9 Å². The molecule has 2 aliphatic rings. The number of anilines is 1. The van der Waals surface area contributed by atoms with E-state index in [1.54, 1.807) is 0 Å². The van der Waals surface area contributed by atoms with E-state index in [1.807, 2.05) is 13.8 Å². The summed E-state index contributed by atoms with van der Waals surface area (Å²) in [5.74, 6) is 0.913. The summed E-state index contributed by atoms with van der Waals surface area (Å²) in [5, 5.41) is 13.4. The van der Waals surface area contributed by atoms with Gasteiger partial charge in [0.15, 0.2) is 5.78 Å². The number of nitrogens with zero attached hydrogens (tertiary/aromatic N) is 3. The maximum absolute atomic E-state index is 13.1. The normalized spacial score (nSPS) is 22.8. The zero-order valence-electron chi connectivity index (χ0n) is 19.0. The lowest BCUT2D eigenvalue weighted by Crippen LogP contribution is -2.54. The summed E-state index contributed by atoms with van der Waals surface area (Å²) in [4.78, 5) is 23.0. The van der Waals surface area contributed by atoms with Crippen molar-refractivity contribution < 1.29 is 23.1 Å². The Morgan fingerprint density at radius 1 is 1.15 bits per heavy atom. The minimum absolute atomic E-state index is 0.0177. The summed E-state index contributed by atoms with van der Waals surface area (Å²) in [6.45, 7) is 5.59. The highest BCUT2D eigenvalue weighted by atomic mass is 19.4. The summed E-state index contributed by atoms with van der Waals surface area (Å²) in [5.41, 5.74) is -1.00. The molecule has 180 valence electrons. The molecule has 0 radical (unpaired) electrons. The van der Waals surface area contributed by atoms with Crippen LogP contribution in [-0.2, 0) is 11.0 Å². The molecule has 1 aromatic carbocycles. The molecule has 2 aromatic rings. The van der Waals surface area contributed by atoms with Crippen LogP contribution in [-0.4, -0.2) is 57.0 Å². The van der Waals surface area contributed by atoms with Crippen LogP contribution in [0.1, 0.15) is 51.5 Å². The molecular formula is C24H31F3N4O2. The van der Waals surface area contributed by atoms with Crippen molar-refractivity contribution in [1.82, 2.24) is 14.9 Å². The Labute approximate surface area is 191 Å². The van der Waals surface area contributed by atoms with Crippen molar-refractivity contribution in [3.63, 3.8) is 0 Å². The van der Waals surface area contributed by atoms with E-state index in [4.69, 9.17) is 0 Å². The molecule has 4 rings (SSSR count). The van der Waals surface area contributed by atoms with E-state index in [0.717, 1.165) is 50.9 Å². The number of nitrogens with one attached hydrogen (secondary N) is 1. The number of hydrogen-bond acceptors (Lipinski definition) is 6. The monoisotopic (exact) mass is 464 g/mol. The number of Topliss-reactive ketones (excluding diaryl/α,β-unsaturated/α-hetero) is 1. The molecule has 6 nitrogen and oxygen atoms in total. The number of likely N-dealkylation sites (tertiary alicyclic amines) is 1. The molecule has 2 heterocycles. The van der Waals surface area contributed by atoms with Crippen molar-refractivity contribution in [2.75, 3.05) is 25.0 Å². The van der Waals surface area contributed by atoms with Crippen LogP contribution in [0.4, 0.5) is 19.0 Å². The van der Waals surface area contributed by atoms with Gasteiger partial charge in [0.05, 0.1) is 23.2 Å². The van der Waals surface area contributed by atoms with Gasteiger partial charge < -0.3 is 10.4 Å². The molecule has 33 heavy (non-hydrogen) atoms. The second-order valence-corrected chi connectivity index (χ2v) is 10.0. The molecule has 0 spiro atoms. The van der Waals surface area contributed by atoms with Gasteiger partial charge in [0.25, 0.3) is 0 Å². The Morgan fingerprint density at radius 2 is 1.85 bits per heavy atom. The van der Waals surface area contributed by atoms with Crippen LogP contribution in [0.3, 0.4) is 0 Å². The summed E-state index contributed by atoms with van der Waals surface area (Å²) in [7, 11) is 0. The van der Waals surface area contributed by atoms with Crippen LogP contribution in [0.2, 0.25) is 0 Å². The lowest BCUT2D eigenvalue weighted by atomic mass is 9.76. The minimum atomic E-state index is -4.46. The first-order chi connectivity index (χ1) is 15.5. The van der Waals surface area contributed by atoms with Crippen molar-refractivity contribution in [3.05, 3.63) is 30.1 Å². The van der Waals surface area contributed by atoms with Gasteiger partial charge in [0, 0.05) is 30.9 Å². The average molecular weight is 465 g/mol. The highest BCUT2D eigenvalue weighted by Gasteiger charge is 2.38. The summed E-state index contributed by atoms with van der Waals surface area (Å²) in [6, 6.07) is 3.84. The van der Waals surface area contributed by atoms with Gasteiger partial charge in [-0.1, -0.05) is 0 Å². The molecule has 1 saturated heterocycles. The summed E-state index contributed by atoms with van der Waals surface area (Å²) >= 11 is 0. The van der Waals surface area contributed by atoms with Crippen molar-refractivity contribution >= 4 is 22.5 Å². The van der Waals surface area contributed by atoms with Crippen molar-refractivity contribution in [1.29, 1.82) is 0 Å². The number of hydrogen-bond donors (Lipinski definition) is 2. The lowest BCUT2D eigenvalue weighted by molar-refractivity contribution is -0.137. The van der Waals surface area contributed by atoms with Crippen LogP contribution in [0.15, 0.2) is 24.5 Å². The van der Waals surface area contributed by atoms with Gasteiger partial charge in [0.2, 0.25) is 0 Å². The van der Waals surface area contributed by atoms with Crippen LogP contribution >= 0.6 is 0 Å². The van der Waals surface area contributed by atoms with Gasteiger partial charge in [0.1, 0.15) is 12.1 Å². The molecule has 0 atom stereocenters. The van der Waals surface area contributed by atoms with Gasteiger partial charge in [-0.3, -0.25) is 9.69 Å². The van der Waals surface area contributed by atoms with E-state index >= 15 is 0 Å². The van der Waals surface area contributed by atoms with E-state index in [2.05, 4.69) is 20.2 Å². The minimum Gasteiger partial charge on any atom is -0.390 e. The number of benzene rings is 1. The Kier molecular flexibility index (Phi) is 6.64. The number of rotatable bonds is 7. The van der Waals surface area contributed by atoms with Crippen LogP contribution in [0.5, 0.6) is 0 Å². The number of halogens is 3. The third-order valence-corrected chi connectivity index (χ3v) is 7.13. The van der Waals surface area contributed by atoms with Gasteiger partial charge in [-0.25, -0.2) is 9.97 Å². The molecule has 1 aliphatic carbocycles. The van der Waals surface area contributed by atoms with Crippen molar-refractivity contribution in [3.8, 4) is 0 Å². The molecule has 1 saturated carbocycles. The number of alkyl halides is 3. The molecule has 2 N–H and O–H groups in total. The van der Waals surface area contributed by atoms with Crippen molar-refractivity contribution in [2.45, 2.75) is 63.8 Å². The van der Waals surface area contributed by atoms with Crippen LogP contribution < -0.4 is 5.32 Å². The Balaban J connectivity index is 1.25. The first kappa shape index (κ1) is 23.9. The fraction of sp³-hybridized carbons (Fsp3) is 0.625. The molecule has 1 aliphatic heterocycles. The van der Waals surface area contributed by atoms with E-state index in [1.165, 1.54) is 12.4 Å². The maximum atomic E-state index is 13.1. The average Bonchev–Trinajstić information content (AvgIpc) is 2.73. The highest BCUT2D eigenvalue weighted by Crippen LogP contribution is 2.37. The molecule has 2 fully saturated rings. The Morgan fingerprint density at radius 3 is 2.48 bits per heavy atom. The zero-order valence-corrected chi connectivity index (χ0v) is 19.0. The molecule has 0 unspecified atom stereocenters. The number of ketones is 1. The van der Waals surface area contributed by atoms with Gasteiger partial charge >= 0.3 is 6.18 Å². The number of carbonyl (C=O) groups excluding carboxylic acids is 1. The first-order valence-electron chi connectivity index (χ1n) is 11.5. The zero-order chi connectivity index (χ0) is 23.8. The molecule has 9 heteroatoms. The standard InChI is InChI=1S/C24H31F3N4O2/c1-23(2,33)16-3-6-18(7-4-16)31-12-15(13-31)9-19(32)11-28-22-20-10-17(24(25,26)27)5-8-21(20)29-14-30-22/h5,8,10,14-16,18,33H,3-4,6-7,9,11-13H2,1-2H3,(H,28,29,30).